The van der Waals surface area contributed by atoms with E-state index in [1.807, 2.05) is 12.1 Å². The van der Waals surface area contributed by atoms with Gasteiger partial charge in [-0.05, 0) is 49.2 Å². The fraction of sp³-hybridized carbons (Fsp3) is 0.478. The zero-order valence-electron chi connectivity index (χ0n) is 17.6. The molecule has 1 aliphatic carbocycles. The van der Waals surface area contributed by atoms with Crippen LogP contribution in [0, 0.1) is 5.82 Å². The van der Waals surface area contributed by atoms with Gasteiger partial charge in [0, 0.05) is 44.5 Å². The van der Waals surface area contributed by atoms with E-state index >= 15 is 0 Å². The number of nitrogens with one attached hydrogen (secondary N) is 2. The van der Waals surface area contributed by atoms with Gasteiger partial charge in [0.05, 0.1) is 12.3 Å². The number of piperazine rings is 1. The van der Waals surface area contributed by atoms with Gasteiger partial charge in [0.15, 0.2) is 0 Å². The molecule has 0 radical (unpaired) electrons. The predicted octanol–water partition coefficient (Wildman–Crippen LogP) is 2.46. The fourth-order valence-electron chi connectivity index (χ4n) is 4.42. The number of halogens is 1. The molecule has 1 saturated heterocycles. The summed E-state index contributed by atoms with van der Waals surface area (Å²) in [5.41, 5.74) is 0.993. The molecule has 2 aliphatic rings. The molecule has 0 spiro atoms. The number of carbonyl (C=O) groups is 2. The Morgan fingerprint density at radius 3 is 2.39 bits per heavy atom. The third-order valence-electron chi connectivity index (χ3n) is 6.17. The molecule has 1 atom stereocenters. The van der Waals surface area contributed by atoms with Gasteiger partial charge in [-0.25, -0.2) is 4.39 Å². The smallest absolute Gasteiger partial charge is 0.309 e. The molecule has 2 aromatic rings. The fourth-order valence-corrected chi connectivity index (χ4v) is 4.42. The number of benzene rings is 1. The highest BCUT2D eigenvalue weighted by Crippen LogP contribution is 2.24. The third kappa shape index (κ3) is 5.44. The first-order valence-electron chi connectivity index (χ1n) is 11.0. The zero-order valence-corrected chi connectivity index (χ0v) is 17.6. The second-order valence-electron chi connectivity index (χ2n) is 8.20. The van der Waals surface area contributed by atoms with Crippen molar-refractivity contribution in [3.8, 4) is 0 Å². The van der Waals surface area contributed by atoms with Gasteiger partial charge < -0.3 is 20.0 Å². The maximum Gasteiger partial charge on any atom is 0.309 e. The SMILES string of the molecule is O=C(NC[C@H](c1ccco1)N1CCN(c2ccc(F)cc2)CC1)C(=O)NC1CCCC1. The maximum atomic E-state index is 13.2. The molecule has 31 heavy (non-hydrogen) atoms. The third-order valence-corrected chi connectivity index (χ3v) is 6.17. The molecule has 7 nitrogen and oxygen atoms in total. The van der Waals surface area contributed by atoms with Crippen molar-refractivity contribution in [1.29, 1.82) is 0 Å². The Bertz CT molecular complexity index is 857. The standard InChI is InChI=1S/C23H29FN4O3/c24-17-7-9-19(10-8-17)27-11-13-28(14-12-27)20(21-6-3-15-31-21)16-25-22(29)23(30)26-18-4-1-2-5-18/h3,6-10,15,18,20H,1-2,4-5,11-14,16H2,(H,25,29)(H,26,30)/t20-/m1/s1. The van der Waals surface area contributed by atoms with E-state index in [0.29, 0.717) is 6.54 Å². The average Bonchev–Trinajstić information content (AvgIpc) is 3.49. The largest absolute Gasteiger partial charge is 0.468 e. The summed E-state index contributed by atoms with van der Waals surface area (Å²) in [5, 5.41) is 5.61. The number of nitrogens with zero attached hydrogens (tertiary/aromatic N) is 2. The summed E-state index contributed by atoms with van der Waals surface area (Å²) in [4.78, 5) is 29.0. The Morgan fingerprint density at radius 1 is 1.03 bits per heavy atom. The topological polar surface area (TPSA) is 77.8 Å². The Kier molecular flexibility index (Phi) is 6.86. The summed E-state index contributed by atoms with van der Waals surface area (Å²) < 4.78 is 18.8. The van der Waals surface area contributed by atoms with Crippen LogP contribution in [-0.2, 0) is 9.59 Å². The number of rotatable bonds is 6. The summed E-state index contributed by atoms with van der Waals surface area (Å²) in [5.74, 6) is -0.653. The molecule has 166 valence electrons. The van der Waals surface area contributed by atoms with Gasteiger partial charge in [0.1, 0.15) is 11.6 Å². The van der Waals surface area contributed by atoms with Crippen molar-refractivity contribution in [1.82, 2.24) is 15.5 Å². The second-order valence-corrected chi connectivity index (χ2v) is 8.20. The second kappa shape index (κ2) is 9.96. The van der Waals surface area contributed by atoms with E-state index in [1.54, 1.807) is 18.4 Å². The molecule has 1 aromatic carbocycles. The Hall–Kier alpha value is -2.87. The quantitative estimate of drug-likeness (QED) is 0.691. The Labute approximate surface area is 181 Å². The maximum absolute atomic E-state index is 13.2. The monoisotopic (exact) mass is 428 g/mol. The lowest BCUT2D eigenvalue weighted by Gasteiger charge is -2.39. The first-order valence-corrected chi connectivity index (χ1v) is 11.0. The van der Waals surface area contributed by atoms with E-state index in [1.165, 1.54) is 12.1 Å². The highest BCUT2D eigenvalue weighted by Gasteiger charge is 2.29. The van der Waals surface area contributed by atoms with Crippen molar-refractivity contribution in [3.63, 3.8) is 0 Å². The van der Waals surface area contributed by atoms with E-state index in [2.05, 4.69) is 20.4 Å². The Balaban J connectivity index is 1.33. The molecule has 0 unspecified atom stereocenters. The van der Waals surface area contributed by atoms with Gasteiger partial charge in [0.25, 0.3) is 0 Å². The van der Waals surface area contributed by atoms with Crippen molar-refractivity contribution in [3.05, 3.63) is 54.2 Å². The summed E-state index contributed by atoms with van der Waals surface area (Å²) in [6.45, 7) is 3.36. The Morgan fingerprint density at radius 2 is 1.74 bits per heavy atom. The van der Waals surface area contributed by atoms with E-state index in [0.717, 1.165) is 63.3 Å². The average molecular weight is 429 g/mol. The van der Waals surface area contributed by atoms with Crippen molar-refractivity contribution in [2.45, 2.75) is 37.8 Å². The number of anilines is 1. The number of hydrogen-bond donors (Lipinski definition) is 2. The van der Waals surface area contributed by atoms with E-state index in [9.17, 15) is 14.0 Å². The molecule has 1 aliphatic heterocycles. The molecule has 8 heteroatoms. The molecule has 2 heterocycles. The van der Waals surface area contributed by atoms with Crippen molar-refractivity contribution < 1.29 is 18.4 Å². The van der Waals surface area contributed by atoms with Gasteiger partial charge in [-0.15, -0.1) is 0 Å². The van der Waals surface area contributed by atoms with Crippen LogP contribution in [-0.4, -0.2) is 55.5 Å². The minimum absolute atomic E-state index is 0.110. The highest BCUT2D eigenvalue weighted by molar-refractivity contribution is 6.35. The van der Waals surface area contributed by atoms with Crippen LogP contribution >= 0.6 is 0 Å². The molecule has 2 N–H and O–H groups in total. The lowest BCUT2D eigenvalue weighted by atomic mass is 10.1. The van der Waals surface area contributed by atoms with Gasteiger partial charge in [-0.2, -0.15) is 0 Å². The lowest BCUT2D eigenvalue weighted by molar-refractivity contribution is -0.139. The van der Waals surface area contributed by atoms with E-state index in [-0.39, 0.29) is 17.9 Å². The normalized spacial score (nSPS) is 18.7. The summed E-state index contributed by atoms with van der Waals surface area (Å²) >= 11 is 0. The molecular formula is C23H29FN4O3. The van der Waals surface area contributed by atoms with Crippen LogP contribution in [0.25, 0.3) is 0 Å². The van der Waals surface area contributed by atoms with Gasteiger partial charge in [-0.1, -0.05) is 12.8 Å². The predicted molar refractivity (Wildman–Crippen MR) is 115 cm³/mol. The van der Waals surface area contributed by atoms with Gasteiger partial charge in [-0.3, -0.25) is 14.5 Å². The number of amides is 2. The van der Waals surface area contributed by atoms with Crippen LogP contribution in [0.1, 0.15) is 37.5 Å². The van der Waals surface area contributed by atoms with Crippen molar-refractivity contribution in [2.24, 2.45) is 0 Å². The number of furan rings is 1. The minimum atomic E-state index is -0.603. The number of hydrogen-bond acceptors (Lipinski definition) is 5. The number of carbonyl (C=O) groups excluding carboxylic acids is 2. The molecule has 2 fully saturated rings. The van der Waals surface area contributed by atoms with Crippen LogP contribution in [0.2, 0.25) is 0 Å². The molecule has 4 rings (SSSR count). The minimum Gasteiger partial charge on any atom is -0.468 e. The highest BCUT2D eigenvalue weighted by atomic mass is 19.1. The van der Waals surface area contributed by atoms with Gasteiger partial charge in [0.2, 0.25) is 0 Å². The first kappa shape index (κ1) is 21.4. The molecule has 1 saturated carbocycles. The van der Waals surface area contributed by atoms with Crippen molar-refractivity contribution in [2.75, 3.05) is 37.6 Å². The molecule has 2 amide bonds. The molecule has 0 bridgehead atoms. The van der Waals surface area contributed by atoms with Gasteiger partial charge >= 0.3 is 11.8 Å². The van der Waals surface area contributed by atoms with Crippen LogP contribution in [0.5, 0.6) is 0 Å². The molecular weight excluding hydrogens is 399 g/mol. The summed E-state index contributed by atoms with van der Waals surface area (Å²) in [6.07, 6.45) is 5.68. The van der Waals surface area contributed by atoms with Crippen LogP contribution in [0.4, 0.5) is 10.1 Å². The first-order chi connectivity index (χ1) is 15.1. The van der Waals surface area contributed by atoms with E-state index in [4.69, 9.17) is 4.42 Å². The summed E-state index contributed by atoms with van der Waals surface area (Å²) in [7, 11) is 0. The van der Waals surface area contributed by atoms with Crippen LogP contribution < -0.4 is 15.5 Å². The van der Waals surface area contributed by atoms with Crippen molar-refractivity contribution >= 4 is 17.5 Å². The van der Waals surface area contributed by atoms with E-state index < -0.39 is 11.8 Å². The van der Waals surface area contributed by atoms with Crippen LogP contribution in [0.3, 0.4) is 0 Å². The summed E-state index contributed by atoms with van der Waals surface area (Å²) in [6, 6.07) is 10.2. The van der Waals surface area contributed by atoms with Crippen LogP contribution in [0.15, 0.2) is 47.1 Å². The molecule has 1 aromatic heterocycles. The zero-order chi connectivity index (χ0) is 21.6. The lowest BCUT2D eigenvalue weighted by Crippen LogP contribution is -2.51.